The monoisotopic (exact) mass is 366 g/mol. The zero-order chi connectivity index (χ0) is 17.2. The summed E-state index contributed by atoms with van der Waals surface area (Å²) in [5.74, 6) is -0.288. The molecule has 4 nitrogen and oxygen atoms in total. The maximum Gasteiger partial charge on any atom is 0.312 e. The van der Waals surface area contributed by atoms with Gasteiger partial charge in [0.15, 0.2) is 9.84 Å². The van der Waals surface area contributed by atoms with Gasteiger partial charge in [-0.15, -0.1) is 0 Å². The normalized spacial score (nSPS) is 15.7. The molecule has 0 radical (unpaired) electrons. The van der Waals surface area contributed by atoms with Crippen LogP contribution in [-0.4, -0.2) is 25.4 Å². The van der Waals surface area contributed by atoms with Crippen LogP contribution in [0.5, 0.6) is 5.75 Å². The van der Waals surface area contributed by atoms with Crippen LogP contribution < -0.4 is 4.74 Å². The summed E-state index contributed by atoms with van der Waals surface area (Å²) < 4.78 is 29.8. The minimum Gasteiger partial charge on any atom is -0.426 e. The number of hydrogen-bond acceptors (Lipinski definition) is 4. The zero-order valence-corrected chi connectivity index (χ0v) is 14.8. The van der Waals surface area contributed by atoms with Crippen molar-refractivity contribution in [2.45, 2.75) is 37.4 Å². The van der Waals surface area contributed by atoms with Crippen molar-refractivity contribution in [3.63, 3.8) is 0 Å². The lowest BCUT2D eigenvalue weighted by Gasteiger charge is -2.11. The molecule has 3 rings (SSSR count). The van der Waals surface area contributed by atoms with Crippen LogP contribution in [0.3, 0.4) is 0 Å². The fourth-order valence-corrected chi connectivity index (χ4v) is 5.20. The van der Waals surface area contributed by atoms with Crippen molar-refractivity contribution in [3.8, 4) is 5.75 Å². The second-order valence-electron chi connectivity index (χ2n) is 6.09. The zero-order valence-electron chi connectivity index (χ0n) is 13.2. The van der Waals surface area contributed by atoms with E-state index in [9.17, 15) is 13.2 Å². The number of ether oxygens (including phenoxy) is 1. The lowest BCUT2D eigenvalue weighted by molar-refractivity contribution is -0.133. The molecule has 0 unspecified atom stereocenters. The van der Waals surface area contributed by atoms with Gasteiger partial charge in [-0.25, -0.2) is 8.42 Å². The van der Waals surface area contributed by atoms with E-state index in [1.165, 1.54) is 0 Å². The van der Waals surface area contributed by atoms with Crippen molar-refractivity contribution in [3.05, 3.63) is 41.4 Å². The van der Waals surface area contributed by atoms with Gasteiger partial charge in [-0.05, 0) is 25.0 Å². The van der Waals surface area contributed by atoms with Gasteiger partial charge in [0.1, 0.15) is 5.75 Å². The largest absolute Gasteiger partial charge is 0.426 e. The Morgan fingerprint density at radius 1 is 1.08 bits per heavy atom. The molecule has 0 bridgehead atoms. The predicted molar refractivity (Wildman–Crippen MR) is 95.3 cm³/mol. The third-order valence-electron chi connectivity index (χ3n) is 4.46. The first-order valence-corrected chi connectivity index (χ1v) is 10.2. The minimum atomic E-state index is -3.22. The number of rotatable bonds is 5. The van der Waals surface area contributed by atoms with Crippen LogP contribution in [0, 0.1) is 0 Å². The lowest BCUT2D eigenvalue weighted by Crippen LogP contribution is -2.23. The summed E-state index contributed by atoms with van der Waals surface area (Å²) in [6.07, 6.45) is 3.18. The molecule has 6 heteroatoms. The van der Waals surface area contributed by atoms with Crippen LogP contribution in [0.2, 0.25) is 5.02 Å². The highest BCUT2D eigenvalue weighted by Gasteiger charge is 2.29. The van der Waals surface area contributed by atoms with E-state index in [1.807, 2.05) is 24.3 Å². The van der Waals surface area contributed by atoms with Crippen LogP contribution >= 0.6 is 11.6 Å². The SMILES string of the molecule is O=C(CCS(=O)(=O)C1CCCC1)Oc1ccc(Cl)c2ccccc12. The summed E-state index contributed by atoms with van der Waals surface area (Å²) in [6.45, 7) is 0. The molecule has 1 aliphatic rings. The summed E-state index contributed by atoms with van der Waals surface area (Å²) >= 11 is 6.14. The van der Waals surface area contributed by atoms with Crippen molar-refractivity contribution in [2.24, 2.45) is 0 Å². The van der Waals surface area contributed by atoms with Crippen molar-refractivity contribution in [2.75, 3.05) is 5.75 Å². The first-order valence-electron chi connectivity index (χ1n) is 8.07. The van der Waals surface area contributed by atoms with Gasteiger partial charge in [0.25, 0.3) is 0 Å². The van der Waals surface area contributed by atoms with E-state index in [2.05, 4.69) is 0 Å². The standard InChI is InChI=1S/C18H19ClO4S/c19-16-9-10-17(15-8-4-3-7-14(15)16)23-18(20)11-12-24(21,22)13-5-1-2-6-13/h3-4,7-10,13H,1-2,5-6,11-12H2. The number of halogens is 1. The summed E-state index contributed by atoms with van der Waals surface area (Å²) in [7, 11) is -3.22. The second kappa shape index (κ2) is 7.11. The van der Waals surface area contributed by atoms with E-state index in [-0.39, 0.29) is 17.4 Å². The van der Waals surface area contributed by atoms with Gasteiger partial charge >= 0.3 is 5.97 Å². The van der Waals surface area contributed by atoms with E-state index in [1.54, 1.807) is 12.1 Å². The molecule has 2 aromatic carbocycles. The molecule has 128 valence electrons. The average Bonchev–Trinajstić information content (AvgIpc) is 3.11. The summed E-state index contributed by atoms with van der Waals surface area (Å²) in [4.78, 5) is 12.1. The fourth-order valence-electron chi connectivity index (χ4n) is 3.14. The molecule has 1 aliphatic carbocycles. The molecule has 0 spiro atoms. The van der Waals surface area contributed by atoms with Crippen molar-refractivity contribution in [1.82, 2.24) is 0 Å². The summed E-state index contributed by atoms with van der Waals surface area (Å²) in [5, 5.41) is 1.82. The molecule has 0 saturated heterocycles. The quantitative estimate of drug-likeness (QED) is 0.589. The highest BCUT2D eigenvalue weighted by Crippen LogP contribution is 2.31. The van der Waals surface area contributed by atoms with Gasteiger partial charge < -0.3 is 4.74 Å². The first kappa shape index (κ1) is 17.2. The number of esters is 1. The molecular formula is C18H19ClO4S. The summed E-state index contributed by atoms with van der Waals surface area (Å²) in [6, 6.07) is 10.7. The molecule has 0 heterocycles. The third-order valence-corrected chi connectivity index (χ3v) is 7.05. The molecule has 24 heavy (non-hydrogen) atoms. The molecule has 0 atom stereocenters. The highest BCUT2D eigenvalue weighted by atomic mass is 35.5. The Balaban J connectivity index is 1.68. The van der Waals surface area contributed by atoms with Gasteiger partial charge in [-0.3, -0.25) is 4.79 Å². The average molecular weight is 367 g/mol. The smallest absolute Gasteiger partial charge is 0.312 e. The van der Waals surface area contributed by atoms with Gasteiger partial charge in [0.05, 0.1) is 17.4 Å². The number of sulfone groups is 1. The lowest BCUT2D eigenvalue weighted by atomic mass is 10.1. The molecule has 2 aromatic rings. The van der Waals surface area contributed by atoms with Gasteiger partial charge in [-0.2, -0.15) is 0 Å². The second-order valence-corrected chi connectivity index (χ2v) is 8.90. The topological polar surface area (TPSA) is 60.4 Å². The molecular weight excluding hydrogens is 348 g/mol. The molecule has 1 saturated carbocycles. The van der Waals surface area contributed by atoms with Crippen LogP contribution in [0.25, 0.3) is 10.8 Å². The molecule has 0 aliphatic heterocycles. The first-order chi connectivity index (χ1) is 11.5. The molecule has 0 N–H and O–H groups in total. The van der Waals surface area contributed by atoms with Crippen molar-refractivity contribution in [1.29, 1.82) is 0 Å². The van der Waals surface area contributed by atoms with E-state index >= 15 is 0 Å². The van der Waals surface area contributed by atoms with Gasteiger partial charge in [0.2, 0.25) is 0 Å². The van der Waals surface area contributed by atoms with Crippen molar-refractivity contribution < 1.29 is 17.9 Å². The number of hydrogen-bond donors (Lipinski definition) is 0. The van der Waals surface area contributed by atoms with Gasteiger partial charge in [0, 0.05) is 15.8 Å². The Kier molecular flexibility index (Phi) is 5.11. The molecule has 0 aromatic heterocycles. The van der Waals surface area contributed by atoms with E-state index < -0.39 is 15.8 Å². The van der Waals surface area contributed by atoms with Crippen LogP contribution in [-0.2, 0) is 14.6 Å². The molecule has 0 amide bonds. The van der Waals surface area contributed by atoms with E-state index in [0.717, 1.165) is 23.6 Å². The van der Waals surface area contributed by atoms with Crippen LogP contribution in [0.1, 0.15) is 32.1 Å². The number of carbonyl (C=O) groups excluding carboxylic acids is 1. The fraction of sp³-hybridized carbons (Fsp3) is 0.389. The van der Waals surface area contributed by atoms with E-state index in [0.29, 0.717) is 23.6 Å². The minimum absolute atomic E-state index is 0.129. The third kappa shape index (κ3) is 3.73. The van der Waals surface area contributed by atoms with E-state index in [4.69, 9.17) is 16.3 Å². The highest BCUT2D eigenvalue weighted by molar-refractivity contribution is 7.92. The number of benzene rings is 2. The maximum atomic E-state index is 12.2. The number of fused-ring (bicyclic) bond motifs is 1. The number of carbonyl (C=O) groups is 1. The predicted octanol–water partition coefficient (Wildman–Crippen LogP) is 4.15. The Morgan fingerprint density at radius 2 is 1.75 bits per heavy atom. The van der Waals surface area contributed by atoms with Crippen LogP contribution in [0.15, 0.2) is 36.4 Å². The van der Waals surface area contributed by atoms with Crippen molar-refractivity contribution >= 4 is 38.2 Å². The Morgan fingerprint density at radius 3 is 2.46 bits per heavy atom. The maximum absolute atomic E-state index is 12.2. The molecule has 1 fully saturated rings. The Hall–Kier alpha value is -1.59. The van der Waals surface area contributed by atoms with Crippen LogP contribution in [0.4, 0.5) is 0 Å². The summed E-state index contributed by atoms with van der Waals surface area (Å²) in [5.41, 5.74) is 0. The Labute approximate surface area is 146 Å². The Bertz CT molecular complexity index is 854. The van der Waals surface area contributed by atoms with Gasteiger partial charge in [-0.1, -0.05) is 48.7 Å².